The van der Waals surface area contributed by atoms with Gasteiger partial charge in [-0.25, -0.2) is 9.59 Å². The van der Waals surface area contributed by atoms with Crippen molar-refractivity contribution in [3.05, 3.63) is 35.4 Å². The lowest BCUT2D eigenvalue weighted by molar-refractivity contribution is 0.0432. The fourth-order valence-electron chi connectivity index (χ4n) is 2.67. The van der Waals surface area contributed by atoms with Gasteiger partial charge in [0.2, 0.25) is 0 Å². The smallest absolute Gasteiger partial charge is 0.339 e. The van der Waals surface area contributed by atoms with E-state index in [4.69, 9.17) is 9.47 Å². The molecule has 0 saturated carbocycles. The first kappa shape index (κ1) is 22.2. The Morgan fingerprint density at radius 1 is 0.808 bits per heavy atom. The minimum Gasteiger partial charge on any atom is -0.462 e. The molecule has 0 aromatic heterocycles. The largest absolute Gasteiger partial charge is 0.462 e. The zero-order chi connectivity index (χ0) is 19.2. The lowest BCUT2D eigenvalue weighted by Gasteiger charge is -2.17. The average molecular weight is 363 g/mol. The van der Waals surface area contributed by atoms with Crippen molar-refractivity contribution in [2.24, 2.45) is 0 Å². The Bertz CT molecular complexity index is 541. The fraction of sp³-hybridized carbons (Fsp3) is 0.619. The highest BCUT2D eigenvalue weighted by molar-refractivity contribution is 6.03. The number of esters is 2. The summed E-state index contributed by atoms with van der Waals surface area (Å²) in [5.74, 6) is -0.940. The number of hydrogen-bond acceptors (Lipinski definition) is 5. The van der Waals surface area contributed by atoms with Crippen LogP contribution in [0.25, 0.3) is 0 Å². The lowest BCUT2D eigenvalue weighted by Crippen LogP contribution is -2.28. The van der Waals surface area contributed by atoms with Crippen molar-refractivity contribution in [3.63, 3.8) is 0 Å². The molecule has 146 valence electrons. The molecule has 1 rings (SSSR count). The zero-order valence-corrected chi connectivity index (χ0v) is 16.5. The maximum Gasteiger partial charge on any atom is 0.339 e. The predicted molar refractivity (Wildman–Crippen MR) is 104 cm³/mol. The first-order valence-electron chi connectivity index (χ1n) is 9.79. The summed E-state index contributed by atoms with van der Waals surface area (Å²) in [6.07, 6.45) is 5.45. The van der Waals surface area contributed by atoms with Crippen LogP contribution < -0.4 is 0 Å². The van der Waals surface area contributed by atoms with Gasteiger partial charge in [0, 0.05) is 6.54 Å². The first-order valence-corrected chi connectivity index (χ1v) is 9.79. The number of unbranched alkanes of at least 4 members (excludes halogenated alkanes) is 4. The van der Waals surface area contributed by atoms with Gasteiger partial charge in [0.25, 0.3) is 0 Å². The number of benzene rings is 1. The van der Waals surface area contributed by atoms with Gasteiger partial charge in [0.1, 0.15) is 6.61 Å². The molecule has 0 bridgehead atoms. The quantitative estimate of drug-likeness (QED) is 0.386. The second-order valence-corrected chi connectivity index (χ2v) is 6.26. The molecule has 5 heteroatoms. The molecule has 0 saturated heterocycles. The maximum atomic E-state index is 12.3. The van der Waals surface area contributed by atoms with Crippen molar-refractivity contribution in [2.45, 2.75) is 52.9 Å². The Labute approximate surface area is 157 Å². The molecule has 0 aliphatic rings. The average Bonchev–Trinajstić information content (AvgIpc) is 2.67. The van der Waals surface area contributed by atoms with Crippen molar-refractivity contribution in [3.8, 4) is 0 Å². The summed E-state index contributed by atoms with van der Waals surface area (Å²) in [7, 11) is 0. The molecule has 1 aromatic rings. The van der Waals surface area contributed by atoms with Crippen LogP contribution in [-0.4, -0.2) is 49.7 Å². The van der Waals surface area contributed by atoms with E-state index in [-0.39, 0.29) is 11.1 Å². The third-order valence-electron chi connectivity index (χ3n) is 4.38. The number of hydrogen-bond donors (Lipinski definition) is 0. The molecule has 0 amide bonds. The summed E-state index contributed by atoms with van der Waals surface area (Å²) < 4.78 is 10.7. The predicted octanol–water partition coefficient (Wildman–Crippen LogP) is 4.31. The lowest BCUT2D eigenvalue weighted by atomic mass is 10.1. The molecule has 1 aromatic carbocycles. The Balaban J connectivity index is 2.52. The van der Waals surface area contributed by atoms with Crippen LogP contribution in [0.4, 0.5) is 0 Å². The Hall–Kier alpha value is -1.88. The van der Waals surface area contributed by atoms with Crippen molar-refractivity contribution >= 4 is 11.9 Å². The molecule has 0 N–H and O–H groups in total. The van der Waals surface area contributed by atoms with E-state index in [2.05, 4.69) is 25.7 Å². The zero-order valence-electron chi connectivity index (χ0n) is 16.5. The monoisotopic (exact) mass is 363 g/mol. The Morgan fingerprint density at radius 3 is 1.88 bits per heavy atom. The Morgan fingerprint density at radius 2 is 1.35 bits per heavy atom. The minimum absolute atomic E-state index is 0.267. The molecule has 0 unspecified atom stereocenters. The van der Waals surface area contributed by atoms with Gasteiger partial charge in [-0.2, -0.15) is 0 Å². The molecular formula is C21H33NO4. The van der Waals surface area contributed by atoms with Gasteiger partial charge in [0.15, 0.2) is 0 Å². The summed E-state index contributed by atoms with van der Waals surface area (Å²) in [5.41, 5.74) is 0.539. The molecular weight excluding hydrogens is 330 g/mol. The van der Waals surface area contributed by atoms with Crippen LogP contribution in [0, 0.1) is 0 Å². The third-order valence-corrected chi connectivity index (χ3v) is 4.38. The number of nitrogens with zero attached hydrogens (tertiary/aromatic N) is 1. The molecule has 0 fully saturated rings. The second kappa shape index (κ2) is 13.3. The van der Waals surface area contributed by atoms with Crippen LogP contribution in [-0.2, 0) is 9.47 Å². The number of rotatable bonds is 13. The summed E-state index contributed by atoms with van der Waals surface area (Å²) in [4.78, 5) is 26.8. The number of carbonyl (C=O) groups is 2. The van der Waals surface area contributed by atoms with Crippen LogP contribution in [0.15, 0.2) is 24.3 Å². The molecule has 0 aliphatic carbocycles. The molecule has 0 heterocycles. The minimum atomic E-state index is -0.479. The topological polar surface area (TPSA) is 55.8 Å². The maximum absolute atomic E-state index is 12.3. The SMILES string of the molecule is CCCCCCCOC(=O)c1ccccc1C(=O)OCCN(CC)CC. The van der Waals surface area contributed by atoms with E-state index in [0.29, 0.717) is 19.8 Å². The van der Waals surface area contributed by atoms with E-state index in [0.717, 1.165) is 32.4 Å². The van der Waals surface area contributed by atoms with Crippen LogP contribution in [0.1, 0.15) is 73.6 Å². The van der Waals surface area contributed by atoms with Gasteiger partial charge in [-0.1, -0.05) is 58.6 Å². The van der Waals surface area contributed by atoms with Crippen LogP contribution in [0.2, 0.25) is 0 Å². The van der Waals surface area contributed by atoms with Gasteiger partial charge in [0.05, 0.1) is 17.7 Å². The van der Waals surface area contributed by atoms with E-state index in [1.54, 1.807) is 24.3 Å². The molecule has 0 atom stereocenters. The molecule has 0 spiro atoms. The van der Waals surface area contributed by atoms with E-state index in [1.165, 1.54) is 12.8 Å². The van der Waals surface area contributed by atoms with Crippen molar-refractivity contribution in [1.82, 2.24) is 4.90 Å². The highest BCUT2D eigenvalue weighted by Crippen LogP contribution is 2.13. The summed E-state index contributed by atoms with van der Waals surface area (Å²) in [6.45, 7) is 9.50. The number of ether oxygens (including phenoxy) is 2. The van der Waals surface area contributed by atoms with Crippen molar-refractivity contribution in [1.29, 1.82) is 0 Å². The number of likely N-dealkylation sites (N-methyl/N-ethyl adjacent to an activating group) is 1. The Kier molecular flexibility index (Phi) is 11.4. The highest BCUT2D eigenvalue weighted by atomic mass is 16.5. The third kappa shape index (κ3) is 8.00. The standard InChI is InChI=1S/C21H33NO4/c1-4-7-8-9-12-16-25-20(23)18-13-10-11-14-19(18)21(24)26-17-15-22(5-2)6-3/h10-11,13-14H,4-9,12,15-17H2,1-3H3. The summed E-state index contributed by atoms with van der Waals surface area (Å²) in [5, 5.41) is 0. The number of carbonyl (C=O) groups excluding carboxylic acids is 2. The first-order chi connectivity index (χ1) is 12.6. The van der Waals surface area contributed by atoms with E-state index in [1.807, 2.05) is 0 Å². The summed E-state index contributed by atoms with van der Waals surface area (Å²) in [6, 6.07) is 6.67. The normalized spacial score (nSPS) is 10.8. The fourth-order valence-corrected chi connectivity index (χ4v) is 2.67. The van der Waals surface area contributed by atoms with E-state index >= 15 is 0 Å². The van der Waals surface area contributed by atoms with Crippen LogP contribution in [0.3, 0.4) is 0 Å². The second-order valence-electron chi connectivity index (χ2n) is 6.26. The van der Waals surface area contributed by atoms with Gasteiger partial charge in [-0.05, 0) is 31.6 Å². The highest BCUT2D eigenvalue weighted by Gasteiger charge is 2.19. The summed E-state index contributed by atoms with van der Waals surface area (Å²) >= 11 is 0. The molecule has 5 nitrogen and oxygen atoms in total. The van der Waals surface area contributed by atoms with Gasteiger partial charge < -0.3 is 14.4 Å². The van der Waals surface area contributed by atoms with Gasteiger partial charge in [-0.15, -0.1) is 0 Å². The van der Waals surface area contributed by atoms with Gasteiger partial charge in [-0.3, -0.25) is 0 Å². The van der Waals surface area contributed by atoms with Gasteiger partial charge >= 0.3 is 11.9 Å². The van der Waals surface area contributed by atoms with E-state index in [9.17, 15) is 9.59 Å². The van der Waals surface area contributed by atoms with E-state index < -0.39 is 11.9 Å². The molecule has 26 heavy (non-hydrogen) atoms. The van der Waals surface area contributed by atoms with Crippen LogP contribution >= 0.6 is 0 Å². The van der Waals surface area contributed by atoms with Crippen molar-refractivity contribution in [2.75, 3.05) is 32.8 Å². The molecule has 0 aliphatic heterocycles. The van der Waals surface area contributed by atoms with Crippen molar-refractivity contribution < 1.29 is 19.1 Å². The van der Waals surface area contributed by atoms with Crippen LogP contribution in [0.5, 0.6) is 0 Å². The molecule has 0 radical (unpaired) electrons.